The molecule has 0 amide bonds. The van der Waals surface area contributed by atoms with Crippen LogP contribution in [0.3, 0.4) is 0 Å². The van der Waals surface area contributed by atoms with Crippen LogP contribution in [0.5, 0.6) is 0 Å². The molecule has 0 saturated carbocycles. The van der Waals surface area contributed by atoms with Gasteiger partial charge in [-0.25, -0.2) is 0 Å². The average molecular weight is 170 g/mol. The average Bonchev–Trinajstić information content (AvgIpc) is 2.05. The number of hydrogen-bond acceptors (Lipinski definition) is 2. The Labute approximate surface area is 74.3 Å². The Balaban J connectivity index is 3.14. The van der Waals surface area contributed by atoms with E-state index in [2.05, 4.69) is 6.92 Å². The molecule has 0 saturated heterocycles. The van der Waals surface area contributed by atoms with Crippen molar-refractivity contribution in [1.82, 2.24) is 0 Å². The van der Waals surface area contributed by atoms with Crippen LogP contribution in [-0.2, 0) is 4.79 Å². The molecular formula is C10H18O2. The molecule has 0 aliphatic heterocycles. The third kappa shape index (κ3) is 7.32. The molecule has 70 valence electrons. The third-order valence-corrected chi connectivity index (χ3v) is 1.79. The van der Waals surface area contributed by atoms with E-state index >= 15 is 0 Å². The fourth-order valence-corrected chi connectivity index (χ4v) is 1.07. The molecule has 2 heteroatoms. The van der Waals surface area contributed by atoms with E-state index in [0.717, 1.165) is 19.1 Å². The van der Waals surface area contributed by atoms with Crippen molar-refractivity contribution < 1.29 is 9.90 Å². The molecule has 0 rings (SSSR count). The van der Waals surface area contributed by atoms with Crippen LogP contribution in [0.15, 0.2) is 12.3 Å². The van der Waals surface area contributed by atoms with Crippen LogP contribution in [0.4, 0.5) is 0 Å². The second-order valence-electron chi connectivity index (χ2n) is 2.95. The Kier molecular flexibility index (Phi) is 7.76. The Bertz CT molecular complexity index is 139. The summed E-state index contributed by atoms with van der Waals surface area (Å²) in [6.45, 7) is 2.17. The van der Waals surface area contributed by atoms with E-state index in [4.69, 9.17) is 5.11 Å². The van der Waals surface area contributed by atoms with Crippen molar-refractivity contribution in [3.8, 4) is 0 Å². The smallest absolute Gasteiger partial charge is 0.158 e. The zero-order valence-electron chi connectivity index (χ0n) is 7.75. The van der Waals surface area contributed by atoms with Gasteiger partial charge in [0.1, 0.15) is 0 Å². The fraction of sp³-hybridized carbons (Fsp3) is 0.700. The van der Waals surface area contributed by atoms with Crippen molar-refractivity contribution in [1.29, 1.82) is 0 Å². The number of ketones is 1. The predicted octanol–water partition coefficient (Wildman–Crippen LogP) is 2.99. The van der Waals surface area contributed by atoms with Crippen molar-refractivity contribution in [2.75, 3.05) is 0 Å². The van der Waals surface area contributed by atoms with Gasteiger partial charge in [0.05, 0.1) is 6.26 Å². The summed E-state index contributed by atoms with van der Waals surface area (Å²) in [5, 5.41) is 8.28. The van der Waals surface area contributed by atoms with Crippen molar-refractivity contribution >= 4 is 5.78 Å². The quantitative estimate of drug-likeness (QED) is 0.362. The summed E-state index contributed by atoms with van der Waals surface area (Å²) in [4.78, 5) is 10.8. The van der Waals surface area contributed by atoms with Gasteiger partial charge in [0, 0.05) is 12.5 Å². The van der Waals surface area contributed by atoms with Crippen molar-refractivity contribution in [3.63, 3.8) is 0 Å². The van der Waals surface area contributed by atoms with Crippen LogP contribution in [0.2, 0.25) is 0 Å². The molecule has 0 unspecified atom stereocenters. The first-order chi connectivity index (χ1) is 5.81. The topological polar surface area (TPSA) is 37.3 Å². The zero-order chi connectivity index (χ0) is 9.23. The molecule has 0 radical (unpaired) electrons. The van der Waals surface area contributed by atoms with E-state index < -0.39 is 0 Å². The Morgan fingerprint density at radius 2 is 1.92 bits per heavy atom. The molecule has 0 atom stereocenters. The minimum Gasteiger partial charge on any atom is -0.515 e. The summed E-state index contributed by atoms with van der Waals surface area (Å²) in [5.41, 5.74) is 0. The largest absolute Gasteiger partial charge is 0.515 e. The van der Waals surface area contributed by atoms with Gasteiger partial charge in [-0.2, -0.15) is 0 Å². The van der Waals surface area contributed by atoms with Crippen LogP contribution in [0.25, 0.3) is 0 Å². The number of unbranched alkanes of at least 4 members (excludes halogenated alkanes) is 4. The molecule has 0 aliphatic rings. The molecule has 0 spiro atoms. The van der Waals surface area contributed by atoms with Gasteiger partial charge < -0.3 is 5.11 Å². The van der Waals surface area contributed by atoms with E-state index in [1.165, 1.54) is 25.3 Å². The highest BCUT2D eigenvalue weighted by atomic mass is 16.2. The molecule has 0 aromatic carbocycles. The summed E-state index contributed by atoms with van der Waals surface area (Å²) in [6, 6.07) is 0. The molecular weight excluding hydrogens is 152 g/mol. The summed E-state index contributed by atoms with van der Waals surface area (Å²) in [6.07, 6.45) is 8.37. The number of carbonyl (C=O) groups excluding carboxylic acids is 1. The van der Waals surface area contributed by atoms with Crippen LogP contribution in [0, 0.1) is 0 Å². The van der Waals surface area contributed by atoms with Crippen LogP contribution in [-0.4, -0.2) is 10.9 Å². The molecule has 0 aliphatic carbocycles. The third-order valence-electron chi connectivity index (χ3n) is 1.79. The predicted molar refractivity (Wildman–Crippen MR) is 50.2 cm³/mol. The summed E-state index contributed by atoms with van der Waals surface area (Å²) < 4.78 is 0. The first-order valence-corrected chi connectivity index (χ1v) is 4.64. The van der Waals surface area contributed by atoms with Gasteiger partial charge in [-0.1, -0.05) is 32.6 Å². The Morgan fingerprint density at radius 3 is 2.50 bits per heavy atom. The maximum atomic E-state index is 10.8. The molecule has 0 fully saturated rings. The maximum absolute atomic E-state index is 10.8. The highest BCUT2D eigenvalue weighted by Crippen LogP contribution is 2.05. The maximum Gasteiger partial charge on any atom is 0.158 e. The fourth-order valence-electron chi connectivity index (χ4n) is 1.07. The lowest BCUT2D eigenvalue weighted by atomic mass is 10.1. The van der Waals surface area contributed by atoms with Gasteiger partial charge in [0.15, 0.2) is 5.78 Å². The summed E-state index contributed by atoms with van der Waals surface area (Å²) >= 11 is 0. The van der Waals surface area contributed by atoms with Crippen molar-refractivity contribution in [2.24, 2.45) is 0 Å². The standard InChI is InChI=1S/C10H18O2/c1-2-3-4-5-6-7-10(12)8-9-11/h8-9,11H,2-7H2,1H3. The SMILES string of the molecule is CCCCCCCC(=O)C=CO. The second kappa shape index (κ2) is 8.31. The highest BCUT2D eigenvalue weighted by Gasteiger charge is 1.95. The van der Waals surface area contributed by atoms with E-state index in [1.54, 1.807) is 0 Å². The van der Waals surface area contributed by atoms with Gasteiger partial charge in [0.25, 0.3) is 0 Å². The zero-order valence-corrected chi connectivity index (χ0v) is 7.75. The van der Waals surface area contributed by atoms with Gasteiger partial charge in [-0.3, -0.25) is 4.79 Å². The van der Waals surface area contributed by atoms with Crippen molar-refractivity contribution in [3.05, 3.63) is 12.3 Å². The van der Waals surface area contributed by atoms with E-state index in [9.17, 15) is 4.79 Å². The van der Waals surface area contributed by atoms with Crippen LogP contribution >= 0.6 is 0 Å². The molecule has 0 bridgehead atoms. The van der Waals surface area contributed by atoms with Gasteiger partial charge in [0.2, 0.25) is 0 Å². The van der Waals surface area contributed by atoms with Crippen LogP contribution in [0.1, 0.15) is 45.4 Å². The minimum absolute atomic E-state index is 0.0222. The normalized spacial score (nSPS) is 10.8. The highest BCUT2D eigenvalue weighted by molar-refractivity contribution is 5.89. The number of allylic oxidation sites excluding steroid dienone is 1. The number of aliphatic hydroxyl groups is 1. The number of carbonyl (C=O) groups is 1. The Morgan fingerprint density at radius 1 is 1.25 bits per heavy atom. The van der Waals surface area contributed by atoms with Gasteiger partial charge in [-0.05, 0) is 6.42 Å². The molecule has 12 heavy (non-hydrogen) atoms. The van der Waals surface area contributed by atoms with E-state index in [-0.39, 0.29) is 5.78 Å². The number of hydrogen-bond donors (Lipinski definition) is 1. The molecule has 0 heterocycles. The Hall–Kier alpha value is -0.790. The molecule has 1 N–H and O–H groups in total. The first-order valence-electron chi connectivity index (χ1n) is 4.64. The monoisotopic (exact) mass is 170 g/mol. The number of rotatable bonds is 7. The van der Waals surface area contributed by atoms with Gasteiger partial charge in [-0.15, -0.1) is 0 Å². The molecule has 0 aromatic rings. The lowest BCUT2D eigenvalue weighted by Gasteiger charge is -1.96. The minimum atomic E-state index is 0.0222. The summed E-state index contributed by atoms with van der Waals surface area (Å²) in [5.74, 6) is 0.0222. The van der Waals surface area contributed by atoms with Gasteiger partial charge >= 0.3 is 0 Å². The van der Waals surface area contributed by atoms with E-state index in [1.807, 2.05) is 0 Å². The molecule has 0 aromatic heterocycles. The summed E-state index contributed by atoms with van der Waals surface area (Å²) in [7, 11) is 0. The second-order valence-corrected chi connectivity index (χ2v) is 2.95. The molecule has 2 nitrogen and oxygen atoms in total. The van der Waals surface area contributed by atoms with Crippen molar-refractivity contribution in [2.45, 2.75) is 45.4 Å². The lowest BCUT2D eigenvalue weighted by Crippen LogP contribution is -1.91. The van der Waals surface area contributed by atoms with E-state index in [0.29, 0.717) is 6.42 Å². The van der Waals surface area contributed by atoms with Crippen LogP contribution < -0.4 is 0 Å². The lowest BCUT2D eigenvalue weighted by molar-refractivity contribution is -0.114. The number of aliphatic hydroxyl groups excluding tert-OH is 1. The first kappa shape index (κ1) is 11.2.